The van der Waals surface area contributed by atoms with Crippen LogP contribution in [0.4, 0.5) is 0 Å². The van der Waals surface area contributed by atoms with Crippen LogP contribution < -0.4 is 0 Å². The van der Waals surface area contributed by atoms with Crippen molar-refractivity contribution in [1.82, 2.24) is 9.78 Å². The van der Waals surface area contributed by atoms with Crippen molar-refractivity contribution in [2.24, 2.45) is 0 Å². The molecule has 19 heavy (non-hydrogen) atoms. The fourth-order valence-electron chi connectivity index (χ4n) is 2.36. The summed E-state index contributed by atoms with van der Waals surface area (Å²) in [6, 6.07) is 10.2. The van der Waals surface area contributed by atoms with E-state index in [4.69, 9.17) is 0 Å². The van der Waals surface area contributed by atoms with Gasteiger partial charge in [0.25, 0.3) is 0 Å². The summed E-state index contributed by atoms with van der Waals surface area (Å²) in [5.41, 5.74) is 4.05. The van der Waals surface area contributed by atoms with E-state index in [-0.39, 0.29) is 0 Å². The van der Waals surface area contributed by atoms with Gasteiger partial charge < -0.3 is 5.11 Å². The predicted molar refractivity (Wildman–Crippen MR) is 77.1 cm³/mol. The van der Waals surface area contributed by atoms with Crippen molar-refractivity contribution in [2.45, 2.75) is 46.3 Å². The molecule has 3 heteroatoms. The Bertz CT molecular complexity index is 528. The number of benzene rings is 1. The van der Waals surface area contributed by atoms with Crippen molar-refractivity contribution in [3.05, 3.63) is 52.8 Å². The van der Waals surface area contributed by atoms with E-state index in [0.29, 0.717) is 0 Å². The summed E-state index contributed by atoms with van der Waals surface area (Å²) in [4.78, 5) is 0. The highest BCUT2D eigenvalue weighted by Gasteiger charge is 2.16. The van der Waals surface area contributed by atoms with Crippen LogP contribution in [-0.4, -0.2) is 14.9 Å². The van der Waals surface area contributed by atoms with Gasteiger partial charge in [0.1, 0.15) is 6.10 Å². The molecule has 1 aromatic carbocycles. The van der Waals surface area contributed by atoms with E-state index in [0.717, 1.165) is 36.3 Å². The molecule has 1 N–H and O–H groups in total. The summed E-state index contributed by atoms with van der Waals surface area (Å²) in [7, 11) is 0. The van der Waals surface area contributed by atoms with E-state index in [9.17, 15) is 5.11 Å². The van der Waals surface area contributed by atoms with Crippen LogP contribution in [-0.2, 0) is 13.0 Å². The van der Waals surface area contributed by atoms with E-state index < -0.39 is 6.10 Å². The van der Waals surface area contributed by atoms with Gasteiger partial charge in [0.2, 0.25) is 0 Å². The highest BCUT2D eigenvalue weighted by molar-refractivity contribution is 5.30. The lowest BCUT2D eigenvalue weighted by atomic mass is 10.0. The van der Waals surface area contributed by atoms with Gasteiger partial charge in [-0.25, -0.2) is 0 Å². The van der Waals surface area contributed by atoms with Gasteiger partial charge in [0, 0.05) is 6.54 Å². The number of aliphatic hydroxyl groups is 1. The molecule has 0 spiro atoms. The molecule has 0 amide bonds. The Kier molecular flexibility index (Phi) is 4.38. The molecule has 0 saturated heterocycles. The molecule has 1 heterocycles. The Labute approximate surface area is 114 Å². The normalized spacial score (nSPS) is 12.6. The first kappa shape index (κ1) is 13.8. The van der Waals surface area contributed by atoms with E-state index in [1.54, 1.807) is 0 Å². The fourth-order valence-corrected chi connectivity index (χ4v) is 2.36. The van der Waals surface area contributed by atoms with Gasteiger partial charge in [0.15, 0.2) is 0 Å². The van der Waals surface area contributed by atoms with Crippen LogP contribution in [0.1, 0.15) is 48.9 Å². The molecule has 1 unspecified atom stereocenters. The van der Waals surface area contributed by atoms with Crippen molar-refractivity contribution in [2.75, 3.05) is 0 Å². The lowest BCUT2D eigenvalue weighted by Gasteiger charge is -2.13. The van der Waals surface area contributed by atoms with Gasteiger partial charge in [0.05, 0.1) is 11.4 Å². The van der Waals surface area contributed by atoms with Crippen LogP contribution in [0.15, 0.2) is 30.3 Å². The summed E-state index contributed by atoms with van der Waals surface area (Å²) in [6.07, 6.45) is 1.63. The predicted octanol–water partition coefficient (Wildman–Crippen LogP) is 3.25. The van der Waals surface area contributed by atoms with Gasteiger partial charge in [-0.1, -0.05) is 37.6 Å². The summed E-state index contributed by atoms with van der Waals surface area (Å²) < 4.78 is 1.86. The molecular weight excluding hydrogens is 236 g/mol. The summed E-state index contributed by atoms with van der Waals surface area (Å²) in [5.74, 6) is 0. The third kappa shape index (κ3) is 3.04. The Hall–Kier alpha value is -1.61. The molecule has 2 aromatic rings. The average molecular weight is 258 g/mol. The first-order valence-electron chi connectivity index (χ1n) is 6.97. The Morgan fingerprint density at radius 1 is 1.21 bits per heavy atom. The van der Waals surface area contributed by atoms with Crippen LogP contribution >= 0.6 is 0 Å². The van der Waals surface area contributed by atoms with Crippen molar-refractivity contribution < 1.29 is 5.11 Å². The summed E-state index contributed by atoms with van der Waals surface area (Å²) in [5, 5.41) is 14.9. The minimum atomic E-state index is -0.600. The molecule has 0 fully saturated rings. The third-order valence-electron chi connectivity index (χ3n) is 3.35. The molecule has 0 aliphatic heterocycles. The SMILES string of the molecule is CCCc1ccc(C(O)c2cc(C)nn2CC)cc1. The molecule has 0 saturated carbocycles. The van der Waals surface area contributed by atoms with Gasteiger partial charge in [-0.2, -0.15) is 5.10 Å². The lowest BCUT2D eigenvalue weighted by molar-refractivity contribution is 0.208. The quantitative estimate of drug-likeness (QED) is 0.894. The molecule has 102 valence electrons. The second-order valence-electron chi connectivity index (χ2n) is 4.92. The second-order valence-corrected chi connectivity index (χ2v) is 4.92. The Balaban J connectivity index is 2.25. The molecule has 2 rings (SSSR count). The molecule has 0 radical (unpaired) electrons. The highest BCUT2D eigenvalue weighted by Crippen LogP contribution is 2.23. The molecular formula is C16H22N2O. The van der Waals surface area contributed by atoms with Crippen molar-refractivity contribution in [3.63, 3.8) is 0 Å². The van der Waals surface area contributed by atoms with E-state index in [2.05, 4.69) is 24.2 Å². The van der Waals surface area contributed by atoms with Gasteiger partial charge in [-0.15, -0.1) is 0 Å². The van der Waals surface area contributed by atoms with Gasteiger partial charge in [-0.05, 0) is 37.5 Å². The second kappa shape index (κ2) is 6.02. The number of aromatic nitrogens is 2. The molecule has 3 nitrogen and oxygen atoms in total. The average Bonchev–Trinajstić information content (AvgIpc) is 2.80. The maximum atomic E-state index is 10.5. The Morgan fingerprint density at radius 2 is 1.89 bits per heavy atom. The minimum absolute atomic E-state index is 0.600. The third-order valence-corrected chi connectivity index (χ3v) is 3.35. The zero-order valence-corrected chi connectivity index (χ0v) is 11.9. The number of hydrogen-bond acceptors (Lipinski definition) is 2. The van der Waals surface area contributed by atoms with Crippen molar-refractivity contribution in [1.29, 1.82) is 0 Å². The van der Waals surface area contributed by atoms with Crippen molar-refractivity contribution >= 4 is 0 Å². The topological polar surface area (TPSA) is 38.1 Å². The maximum Gasteiger partial charge on any atom is 0.121 e. The molecule has 0 aliphatic rings. The first-order valence-corrected chi connectivity index (χ1v) is 6.97. The lowest BCUT2D eigenvalue weighted by Crippen LogP contribution is -2.09. The standard InChI is InChI=1S/C16H22N2O/c1-4-6-13-7-9-14(10-8-13)16(19)15-11-12(3)17-18(15)5-2/h7-11,16,19H,4-6H2,1-3H3. The molecule has 0 aliphatic carbocycles. The largest absolute Gasteiger partial charge is 0.382 e. The molecule has 0 bridgehead atoms. The maximum absolute atomic E-state index is 10.5. The van der Waals surface area contributed by atoms with E-state index in [1.807, 2.05) is 36.7 Å². The fraction of sp³-hybridized carbons (Fsp3) is 0.438. The highest BCUT2D eigenvalue weighted by atomic mass is 16.3. The minimum Gasteiger partial charge on any atom is -0.382 e. The molecule has 1 aromatic heterocycles. The summed E-state index contributed by atoms with van der Waals surface area (Å²) >= 11 is 0. The smallest absolute Gasteiger partial charge is 0.121 e. The monoisotopic (exact) mass is 258 g/mol. The zero-order chi connectivity index (χ0) is 13.8. The van der Waals surface area contributed by atoms with Crippen molar-refractivity contribution in [3.8, 4) is 0 Å². The van der Waals surface area contributed by atoms with Gasteiger partial charge >= 0.3 is 0 Å². The van der Waals surface area contributed by atoms with Crippen LogP contribution in [0.25, 0.3) is 0 Å². The Morgan fingerprint density at radius 3 is 2.47 bits per heavy atom. The van der Waals surface area contributed by atoms with Crippen LogP contribution in [0, 0.1) is 6.92 Å². The number of aryl methyl sites for hydroxylation is 3. The van der Waals surface area contributed by atoms with Crippen LogP contribution in [0.3, 0.4) is 0 Å². The van der Waals surface area contributed by atoms with Crippen LogP contribution in [0.5, 0.6) is 0 Å². The van der Waals surface area contributed by atoms with E-state index >= 15 is 0 Å². The summed E-state index contributed by atoms with van der Waals surface area (Å²) in [6.45, 7) is 6.93. The number of hydrogen-bond donors (Lipinski definition) is 1. The number of rotatable bonds is 5. The van der Waals surface area contributed by atoms with Crippen LogP contribution in [0.2, 0.25) is 0 Å². The first-order chi connectivity index (χ1) is 9.15. The zero-order valence-electron chi connectivity index (χ0n) is 11.9. The molecule has 1 atom stereocenters. The van der Waals surface area contributed by atoms with Gasteiger partial charge in [-0.3, -0.25) is 4.68 Å². The number of nitrogens with zero attached hydrogens (tertiary/aromatic N) is 2. The number of aliphatic hydroxyl groups excluding tert-OH is 1. The van der Waals surface area contributed by atoms with E-state index in [1.165, 1.54) is 5.56 Å².